The number of carbonyl (C=O) groups is 2. The molecule has 2 rings (SSSR count). The minimum Gasteiger partial charge on any atom is -0.480 e. The van der Waals surface area contributed by atoms with Crippen LogP contribution in [0.3, 0.4) is 0 Å². The fourth-order valence-corrected chi connectivity index (χ4v) is 2.12. The molecule has 1 heterocycles. The zero-order chi connectivity index (χ0) is 13.4. The highest BCUT2D eigenvalue weighted by atomic mass is 35.5. The molecule has 0 saturated heterocycles. The molecular weight excluding hydrogens is 279 g/mol. The number of carboxylic acids is 1. The summed E-state index contributed by atoms with van der Waals surface area (Å²) in [6.45, 7) is 1.47. The molecule has 0 aliphatic carbocycles. The molecule has 0 saturated carbocycles. The lowest BCUT2D eigenvalue weighted by molar-refractivity contribution is -0.139. The smallest absolute Gasteiger partial charge is 0.326 e. The minimum absolute atomic E-state index is 0.0303. The highest BCUT2D eigenvalue weighted by Crippen LogP contribution is 2.37. The van der Waals surface area contributed by atoms with Gasteiger partial charge in [0.2, 0.25) is 5.91 Å². The summed E-state index contributed by atoms with van der Waals surface area (Å²) in [5.41, 5.74) is 1.02. The Labute approximate surface area is 113 Å². The summed E-state index contributed by atoms with van der Waals surface area (Å²) in [4.78, 5) is 24.1. The van der Waals surface area contributed by atoms with Crippen molar-refractivity contribution in [1.82, 2.24) is 0 Å². The van der Waals surface area contributed by atoms with E-state index in [1.807, 2.05) is 0 Å². The van der Waals surface area contributed by atoms with Gasteiger partial charge >= 0.3 is 5.97 Å². The predicted molar refractivity (Wildman–Crippen MR) is 69.5 cm³/mol. The van der Waals surface area contributed by atoms with Crippen molar-refractivity contribution in [3.8, 4) is 0 Å². The minimum atomic E-state index is -1.08. The second-order valence-electron chi connectivity index (χ2n) is 3.91. The Balaban J connectivity index is 2.53. The van der Waals surface area contributed by atoms with Crippen LogP contribution in [0.25, 0.3) is 0 Å². The zero-order valence-corrected chi connectivity index (χ0v) is 10.9. The van der Waals surface area contributed by atoms with Crippen molar-refractivity contribution in [2.45, 2.75) is 13.0 Å². The summed E-state index contributed by atoms with van der Waals surface area (Å²) in [5, 5.41) is 12.5. The van der Waals surface area contributed by atoms with Crippen molar-refractivity contribution in [3.05, 3.63) is 22.2 Å². The maximum absolute atomic E-state index is 11.8. The SMILES string of the molecule is CC(C(=O)O)N1C(=O)CNc2cc(Cl)c(Cl)cc21. The Kier molecular flexibility index (Phi) is 3.36. The van der Waals surface area contributed by atoms with E-state index < -0.39 is 12.0 Å². The van der Waals surface area contributed by atoms with Crippen LogP contribution in [0.5, 0.6) is 0 Å². The number of hydrogen-bond donors (Lipinski definition) is 2. The first kappa shape index (κ1) is 13.0. The second-order valence-corrected chi connectivity index (χ2v) is 4.73. The molecule has 96 valence electrons. The summed E-state index contributed by atoms with van der Waals surface area (Å²) in [6.07, 6.45) is 0. The van der Waals surface area contributed by atoms with E-state index in [0.29, 0.717) is 16.4 Å². The average Bonchev–Trinajstić information content (AvgIpc) is 2.30. The molecule has 1 aromatic carbocycles. The van der Waals surface area contributed by atoms with Crippen LogP contribution in [0.4, 0.5) is 11.4 Å². The summed E-state index contributed by atoms with van der Waals surface area (Å²) < 4.78 is 0. The van der Waals surface area contributed by atoms with E-state index in [2.05, 4.69) is 5.32 Å². The molecule has 1 aliphatic rings. The molecule has 1 unspecified atom stereocenters. The largest absolute Gasteiger partial charge is 0.480 e. The standard InChI is InChI=1S/C11H10Cl2N2O3/c1-5(11(17)18)15-9-3-7(13)6(12)2-8(9)14-4-10(15)16/h2-3,5,14H,4H2,1H3,(H,17,18). The van der Waals surface area contributed by atoms with Crippen molar-refractivity contribution in [2.24, 2.45) is 0 Å². The van der Waals surface area contributed by atoms with Gasteiger partial charge in [-0.15, -0.1) is 0 Å². The van der Waals surface area contributed by atoms with Crippen LogP contribution in [0, 0.1) is 0 Å². The number of nitrogens with zero attached hydrogens (tertiary/aromatic N) is 1. The maximum Gasteiger partial charge on any atom is 0.326 e. The monoisotopic (exact) mass is 288 g/mol. The lowest BCUT2D eigenvalue weighted by Gasteiger charge is -2.33. The van der Waals surface area contributed by atoms with E-state index in [9.17, 15) is 9.59 Å². The molecule has 1 aromatic rings. The molecule has 0 radical (unpaired) electrons. The number of amides is 1. The molecule has 5 nitrogen and oxygen atoms in total. The third-order valence-electron chi connectivity index (χ3n) is 2.74. The van der Waals surface area contributed by atoms with Crippen molar-refractivity contribution < 1.29 is 14.7 Å². The predicted octanol–water partition coefficient (Wildman–Crippen LogP) is 2.22. The Morgan fingerprint density at radius 3 is 2.67 bits per heavy atom. The highest BCUT2D eigenvalue weighted by molar-refractivity contribution is 6.42. The number of halogens is 2. The van der Waals surface area contributed by atoms with Crippen molar-refractivity contribution in [2.75, 3.05) is 16.8 Å². The van der Waals surface area contributed by atoms with E-state index in [1.54, 1.807) is 6.07 Å². The van der Waals surface area contributed by atoms with Crippen LogP contribution < -0.4 is 10.2 Å². The number of fused-ring (bicyclic) bond motifs is 1. The van der Waals surface area contributed by atoms with Crippen LogP contribution in [0.15, 0.2) is 12.1 Å². The average molecular weight is 289 g/mol. The number of anilines is 2. The van der Waals surface area contributed by atoms with Crippen LogP contribution in [0.2, 0.25) is 10.0 Å². The van der Waals surface area contributed by atoms with Crippen molar-refractivity contribution in [3.63, 3.8) is 0 Å². The molecule has 1 atom stereocenters. The van der Waals surface area contributed by atoms with Gasteiger partial charge in [0.15, 0.2) is 0 Å². The second kappa shape index (κ2) is 4.66. The van der Waals surface area contributed by atoms with E-state index in [4.69, 9.17) is 28.3 Å². The molecule has 1 aliphatic heterocycles. The van der Waals surface area contributed by atoms with Gasteiger partial charge in [0, 0.05) is 0 Å². The number of rotatable bonds is 2. The molecule has 0 aromatic heterocycles. The number of carbonyl (C=O) groups excluding carboxylic acids is 1. The Morgan fingerprint density at radius 2 is 2.06 bits per heavy atom. The summed E-state index contributed by atoms with van der Waals surface area (Å²) in [5.74, 6) is -1.40. The molecule has 1 amide bonds. The van der Waals surface area contributed by atoms with Crippen LogP contribution in [-0.4, -0.2) is 29.6 Å². The number of hydrogen-bond acceptors (Lipinski definition) is 3. The van der Waals surface area contributed by atoms with Gasteiger partial charge in [-0.3, -0.25) is 9.69 Å². The van der Waals surface area contributed by atoms with E-state index in [1.165, 1.54) is 17.9 Å². The van der Waals surface area contributed by atoms with Gasteiger partial charge in [0.05, 0.1) is 28.0 Å². The molecule has 0 spiro atoms. The van der Waals surface area contributed by atoms with Gasteiger partial charge in [0.1, 0.15) is 6.04 Å². The van der Waals surface area contributed by atoms with E-state index in [0.717, 1.165) is 0 Å². The topological polar surface area (TPSA) is 69.6 Å². The number of aliphatic carboxylic acids is 1. The maximum atomic E-state index is 11.8. The molecule has 18 heavy (non-hydrogen) atoms. The number of carboxylic acid groups (broad SMARTS) is 1. The van der Waals surface area contributed by atoms with Gasteiger partial charge in [-0.1, -0.05) is 23.2 Å². The third kappa shape index (κ3) is 2.11. The molecular formula is C11H10Cl2N2O3. The molecule has 0 fully saturated rings. The first-order chi connectivity index (χ1) is 8.41. The molecule has 7 heteroatoms. The van der Waals surface area contributed by atoms with Gasteiger partial charge in [0.25, 0.3) is 0 Å². The van der Waals surface area contributed by atoms with Crippen LogP contribution in [-0.2, 0) is 9.59 Å². The fourth-order valence-electron chi connectivity index (χ4n) is 1.80. The lowest BCUT2D eigenvalue weighted by Crippen LogP contribution is -2.48. The molecule has 0 bridgehead atoms. The highest BCUT2D eigenvalue weighted by Gasteiger charge is 2.32. The van der Waals surface area contributed by atoms with E-state index >= 15 is 0 Å². The van der Waals surface area contributed by atoms with Gasteiger partial charge in [-0.05, 0) is 19.1 Å². The lowest BCUT2D eigenvalue weighted by atomic mass is 10.1. The third-order valence-corrected chi connectivity index (χ3v) is 3.46. The normalized spacial score (nSPS) is 15.9. The Bertz CT molecular complexity index is 533. The first-order valence-electron chi connectivity index (χ1n) is 5.19. The Morgan fingerprint density at radius 1 is 1.44 bits per heavy atom. The quantitative estimate of drug-likeness (QED) is 0.876. The summed E-state index contributed by atoms with van der Waals surface area (Å²) in [7, 11) is 0. The van der Waals surface area contributed by atoms with E-state index in [-0.39, 0.29) is 17.5 Å². The summed E-state index contributed by atoms with van der Waals surface area (Å²) in [6, 6.07) is 2.10. The zero-order valence-electron chi connectivity index (χ0n) is 9.41. The van der Waals surface area contributed by atoms with Crippen LogP contribution >= 0.6 is 23.2 Å². The van der Waals surface area contributed by atoms with Gasteiger partial charge < -0.3 is 10.4 Å². The fraction of sp³-hybridized carbons (Fsp3) is 0.273. The van der Waals surface area contributed by atoms with Gasteiger partial charge in [-0.25, -0.2) is 4.79 Å². The number of benzene rings is 1. The van der Waals surface area contributed by atoms with Crippen molar-refractivity contribution >= 4 is 46.5 Å². The van der Waals surface area contributed by atoms with Gasteiger partial charge in [-0.2, -0.15) is 0 Å². The number of nitrogens with one attached hydrogen (secondary N) is 1. The van der Waals surface area contributed by atoms with Crippen LogP contribution in [0.1, 0.15) is 6.92 Å². The summed E-state index contributed by atoms with van der Waals surface area (Å²) >= 11 is 11.8. The van der Waals surface area contributed by atoms with Crippen molar-refractivity contribution in [1.29, 1.82) is 0 Å². The first-order valence-corrected chi connectivity index (χ1v) is 5.95. The molecule has 2 N–H and O–H groups in total. The Hall–Kier alpha value is -1.46.